The lowest BCUT2D eigenvalue weighted by molar-refractivity contribution is 0.433. The molecule has 0 amide bonds. The molecule has 2 heterocycles. The van der Waals surface area contributed by atoms with Crippen LogP contribution < -0.4 is 5.73 Å². The van der Waals surface area contributed by atoms with Gasteiger partial charge in [-0.2, -0.15) is 0 Å². The van der Waals surface area contributed by atoms with Crippen LogP contribution in [-0.2, 0) is 5.41 Å². The van der Waals surface area contributed by atoms with Gasteiger partial charge in [0, 0.05) is 32.6 Å². The Kier molecular flexibility index (Phi) is 3.34. The van der Waals surface area contributed by atoms with Crippen LogP contribution in [0.2, 0.25) is 0 Å². The van der Waals surface area contributed by atoms with Crippen molar-refractivity contribution in [3.63, 3.8) is 0 Å². The van der Waals surface area contributed by atoms with E-state index in [-0.39, 0.29) is 5.54 Å². The molecule has 23 heavy (non-hydrogen) atoms. The van der Waals surface area contributed by atoms with Crippen LogP contribution in [0.25, 0.3) is 10.1 Å². The summed E-state index contributed by atoms with van der Waals surface area (Å²) in [5.41, 5.74) is 6.45. The van der Waals surface area contributed by atoms with Gasteiger partial charge in [-0.05, 0) is 62.8 Å². The number of rotatable bonds is 1. The molecule has 1 saturated carbocycles. The molecule has 3 nitrogen and oxygen atoms in total. The van der Waals surface area contributed by atoms with Gasteiger partial charge in [0.05, 0.1) is 5.54 Å². The van der Waals surface area contributed by atoms with E-state index in [0.29, 0.717) is 11.4 Å². The molecule has 1 aliphatic heterocycles. The van der Waals surface area contributed by atoms with Gasteiger partial charge in [0.1, 0.15) is 0 Å². The second-order valence-corrected chi connectivity index (χ2v) is 9.87. The maximum Gasteiger partial charge on any atom is 0.191 e. The van der Waals surface area contributed by atoms with Crippen LogP contribution in [0.1, 0.15) is 32.1 Å². The zero-order valence-corrected chi connectivity index (χ0v) is 16.2. The quantitative estimate of drug-likeness (QED) is 0.579. The van der Waals surface area contributed by atoms with Crippen molar-refractivity contribution in [2.45, 2.75) is 38.1 Å². The molecular weight excluding hydrogens is 370 g/mol. The number of guanidine groups is 1. The molecular formula is C18H22BrN3S. The molecule has 0 radical (unpaired) electrons. The first-order chi connectivity index (χ1) is 10.8. The van der Waals surface area contributed by atoms with E-state index in [2.05, 4.69) is 70.9 Å². The maximum atomic E-state index is 6.25. The van der Waals surface area contributed by atoms with E-state index in [4.69, 9.17) is 5.73 Å². The summed E-state index contributed by atoms with van der Waals surface area (Å²) >= 11 is 5.51. The highest BCUT2D eigenvalue weighted by Crippen LogP contribution is 2.61. The van der Waals surface area contributed by atoms with Gasteiger partial charge in [0.25, 0.3) is 0 Å². The molecule has 5 heteroatoms. The maximum absolute atomic E-state index is 6.25. The van der Waals surface area contributed by atoms with Crippen LogP contribution in [-0.4, -0.2) is 29.5 Å². The molecule has 1 aromatic carbocycles. The summed E-state index contributed by atoms with van der Waals surface area (Å²) in [6.45, 7) is 8.34. The zero-order chi connectivity index (χ0) is 16.4. The van der Waals surface area contributed by atoms with E-state index >= 15 is 0 Å². The average Bonchev–Trinajstić information content (AvgIpc) is 2.82. The fraction of sp³-hybridized carbons (Fsp3) is 0.500. The third-order valence-corrected chi connectivity index (χ3v) is 6.72. The molecule has 2 aromatic rings. The molecule has 2 N–H and O–H groups in total. The lowest BCUT2D eigenvalue weighted by Gasteiger charge is -2.24. The van der Waals surface area contributed by atoms with Crippen LogP contribution in [0.15, 0.2) is 33.7 Å². The zero-order valence-electron chi connectivity index (χ0n) is 13.8. The number of nitrogens with two attached hydrogens (primary N) is 1. The number of fused-ring (bicyclic) bond motifs is 2. The molecule has 4 rings (SSSR count). The van der Waals surface area contributed by atoms with E-state index in [1.807, 2.05) is 11.3 Å². The Morgan fingerprint density at radius 1 is 1.39 bits per heavy atom. The number of hydrogen-bond acceptors (Lipinski definition) is 2. The number of aliphatic imine (C=N–C) groups is 1. The number of thiophene rings is 1. The molecule has 2 fully saturated rings. The van der Waals surface area contributed by atoms with Crippen molar-refractivity contribution in [3.05, 3.63) is 33.6 Å². The van der Waals surface area contributed by atoms with Gasteiger partial charge < -0.3 is 10.6 Å². The van der Waals surface area contributed by atoms with Crippen molar-refractivity contribution >= 4 is 43.3 Å². The monoisotopic (exact) mass is 391 g/mol. The second-order valence-electron chi connectivity index (χ2n) is 7.87. The fourth-order valence-electron chi connectivity index (χ4n) is 3.71. The van der Waals surface area contributed by atoms with Gasteiger partial charge in [0.15, 0.2) is 5.96 Å². The number of piperidine rings is 1. The summed E-state index contributed by atoms with van der Waals surface area (Å²) < 4.78 is 2.52. The standard InChI is InChI=1S/C18H22BrN3S/c1-17(2,3)21-16(20)22-9-12-8-18(12,10-22)15-7-11-6-13(19)4-5-14(11)23-15/h4-7,12H,8-10H2,1-3H3,(H2,20,21). The SMILES string of the molecule is CC(C)(C)N=C(N)N1CC2CC2(c2cc3cc(Br)ccc3s2)C1. The molecule has 2 aliphatic rings. The minimum atomic E-state index is -0.117. The molecule has 0 spiro atoms. The summed E-state index contributed by atoms with van der Waals surface area (Å²) in [6.07, 6.45) is 1.29. The Balaban J connectivity index is 1.62. The summed E-state index contributed by atoms with van der Waals surface area (Å²) in [7, 11) is 0. The Labute approximate surface area is 149 Å². The van der Waals surface area contributed by atoms with Crippen molar-refractivity contribution in [3.8, 4) is 0 Å². The number of hydrogen-bond donors (Lipinski definition) is 1. The minimum Gasteiger partial charge on any atom is -0.370 e. The highest BCUT2D eigenvalue weighted by Gasteiger charge is 2.62. The van der Waals surface area contributed by atoms with Crippen LogP contribution in [0.5, 0.6) is 0 Å². The topological polar surface area (TPSA) is 41.6 Å². The van der Waals surface area contributed by atoms with Gasteiger partial charge in [-0.25, -0.2) is 4.99 Å². The molecule has 1 saturated heterocycles. The molecule has 1 aliphatic carbocycles. The first-order valence-electron chi connectivity index (χ1n) is 8.07. The summed E-state index contributed by atoms with van der Waals surface area (Å²) in [4.78, 5) is 8.44. The van der Waals surface area contributed by atoms with E-state index < -0.39 is 0 Å². The third kappa shape index (κ3) is 2.68. The predicted molar refractivity (Wildman–Crippen MR) is 102 cm³/mol. The van der Waals surface area contributed by atoms with Gasteiger partial charge in [-0.1, -0.05) is 15.9 Å². The Morgan fingerprint density at radius 3 is 2.91 bits per heavy atom. The fourth-order valence-corrected chi connectivity index (χ4v) is 5.40. The van der Waals surface area contributed by atoms with Crippen molar-refractivity contribution in [1.82, 2.24) is 4.90 Å². The summed E-state index contributed by atoms with van der Waals surface area (Å²) in [5.74, 6) is 1.43. The van der Waals surface area contributed by atoms with Crippen molar-refractivity contribution < 1.29 is 0 Å². The van der Waals surface area contributed by atoms with E-state index in [0.717, 1.165) is 23.5 Å². The smallest absolute Gasteiger partial charge is 0.191 e. The molecule has 2 atom stereocenters. The van der Waals surface area contributed by atoms with Gasteiger partial charge in [0.2, 0.25) is 0 Å². The largest absolute Gasteiger partial charge is 0.370 e. The number of nitrogens with zero attached hydrogens (tertiary/aromatic N) is 2. The first kappa shape index (κ1) is 15.5. The van der Waals surface area contributed by atoms with Crippen LogP contribution in [0, 0.1) is 5.92 Å². The lowest BCUT2D eigenvalue weighted by Crippen LogP contribution is -2.40. The minimum absolute atomic E-state index is 0.117. The Bertz CT molecular complexity index is 804. The van der Waals surface area contributed by atoms with Gasteiger partial charge in [-0.3, -0.25) is 0 Å². The molecule has 0 bridgehead atoms. The van der Waals surface area contributed by atoms with Crippen LogP contribution in [0.4, 0.5) is 0 Å². The highest BCUT2D eigenvalue weighted by atomic mass is 79.9. The first-order valence-corrected chi connectivity index (χ1v) is 9.68. The highest BCUT2D eigenvalue weighted by molar-refractivity contribution is 9.10. The number of halogens is 1. The van der Waals surface area contributed by atoms with Gasteiger partial charge in [-0.15, -0.1) is 11.3 Å². The Morgan fingerprint density at radius 2 is 2.17 bits per heavy atom. The second kappa shape index (κ2) is 4.96. The Hall–Kier alpha value is -1.07. The summed E-state index contributed by atoms with van der Waals surface area (Å²) in [5, 5.41) is 1.34. The summed E-state index contributed by atoms with van der Waals surface area (Å²) in [6, 6.07) is 8.93. The van der Waals surface area contributed by atoms with Gasteiger partial charge >= 0.3 is 0 Å². The number of likely N-dealkylation sites (tertiary alicyclic amines) is 1. The van der Waals surface area contributed by atoms with Crippen molar-refractivity contribution in [2.75, 3.05) is 13.1 Å². The van der Waals surface area contributed by atoms with E-state index in [9.17, 15) is 0 Å². The van der Waals surface area contributed by atoms with Crippen molar-refractivity contribution in [1.29, 1.82) is 0 Å². The molecule has 2 unspecified atom stereocenters. The molecule has 1 aromatic heterocycles. The van der Waals surface area contributed by atoms with E-state index in [1.165, 1.54) is 21.4 Å². The normalized spacial score (nSPS) is 27.6. The third-order valence-electron chi connectivity index (χ3n) is 4.89. The van der Waals surface area contributed by atoms with Crippen LogP contribution >= 0.6 is 27.3 Å². The lowest BCUT2D eigenvalue weighted by atomic mass is 10.0. The average molecular weight is 392 g/mol. The number of benzene rings is 1. The van der Waals surface area contributed by atoms with Crippen molar-refractivity contribution in [2.24, 2.45) is 16.6 Å². The molecule has 122 valence electrons. The predicted octanol–water partition coefficient (Wildman–Crippen LogP) is 4.35. The van der Waals surface area contributed by atoms with E-state index in [1.54, 1.807) is 0 Å². The van der Waals surface area contributed by atoms with Crippen LogP contribution in [0.3, 0.4) is 0 Å².